The van der Waals surface area contributed by atoms with Gasteiger partial charge in [-0.15, -0.1) is 11.6 Å². The van der Waals surface area contributed by atoms with Gasteiger partial charge in [0.15, 0.2) is 0 Å². The zero-order valence-corrected chi connectivity index (χ0v) is 9.86. The molecule has 0 aromatic carbocycles. The third-order valence-corrected chi connectivity index (χ3v) is 3.80. The lowest BCUT2D eigenvalue weighted by atomic mass is 10.0. The molecule has 0 aromatic rings. The molecule has 0 aliphatic heterocycles. The normalized spacial score (nSPS) is 18.3. The highest BCUT2D eigenvalue weighted by atomic mass is 35.5. The second-order valence-electron chi connectivity index (χ2n) is 4.36. The fraction of sp³-hybridized carbons (Fsp3) is 0.909. The van der Waals surface area contributed by atoms with Gasteiger partial charge in [0.05, 0.1) is 0 Å². The van der Waals surface area contributed by atoms with Gasteiger partial charge in [0, 0.05) is 23.8 Å². The smallest absolute Gasteiger partial charge is 0.223 e. The van der Waals surface area contributed by atoms with Crippen molar-refractivity contribution < 1.29 is 4.79 Å². The summed E-state index contributed by atoms with van der Waals surface area (Å²) in [5, 5.41) is 3.01. The van der Waals surface area contributed by atoms with Crippen molar-refractivity contribution in [3.8, 4) is 0 Å². The lowest BCUT2D eigenvalue weighted by Crippen LogP contribution is -2.35. The Kier molecular flexibility index (Phi) is 4.24. The number of nitrogens with one attached hydrogen (secondary N) is 1. The summed E-state index contributed by atoms with van der Waals surface area (Å²) in [7, 11) is 0. The highest BCUT2D eigenvalue weighted by Gasteiger charge is 2.41. The van der Waals surface area contributed by atoms with Crippen molar-refractivity contribution in [3.63, 3.8) is 0 Å². The van der Waals surface area contributed by atoms with Crippen LogP contribution >= 0.6 is 11.6 Å². The van der Waals surface area contributed by atoms with Crippen molar-refractivity contribution in [1.29, 1.82) is 0 Å². The first-order chi connectivity index (χ1) is 6.67. The number of hydrogen-bond acceptors (Lipinski definition) is 1. The van der Waals surface area contributed by atoms with Gasteiger partial charge in [-0.25, -0.2) is 0 Å². The van der Waals surface area contributed by atoms with Gasteiger partial charge in [0.1, 0.15) is 0 Å². The molecule has 1 rings (SSSR count). The van der Waals surface area contributed by atoms with E-state index in [4.69, 9.17) is 11.6 Å². The van der Waals surface area contributed by atoms with Gasteiger partial charge in [-0.3, -0.25) is 4.79 Å². The van der Waals surface area contributed by atoms with Crippen LogP contribution in [0.2, 0.25) is 0 Å². The minimum Gasteiger partial charge on any atom is -0.355 e. The highest BCUT2D eigenvalue weighted by molar-refractivity contribution is 6.18. The molecule has 0 aromatic heterocycles. The third-order valence-electron chi connectivity index (χ3n) is 3.23. The van der Waals surface area contributed by atoms with Gasteiger partial charge in [0.2, 0.25) is 5.91 Å². The van der Waals surface area contributed by atoms with E-state index in [-0.39, 0.29) is 17.2 Å². The number of halogens is 1. The van der Waals surface area contributed by atoms with Crippen LogP contribution in [0.3, 0.4) is 0 Å². The van der Waals surface area contributed by atoms with Gasteiger partial charge < -0.3 is 5.32 Å². The first kappa shape index (κ1) is 11.8. The number of rotatable bonds is 6. The van der Waals surface area contributed by atoms with Crippen LogP contribution in [0.5, 0.6) is 0 Å². The van der Waals surface area contributed by atoms with Crippen LogP contribution in [0.15, 0.2) is 0 Å². The van der Waals surface area contributed by atoms with Gasteiger partial charge in [-0.1, -0.05) is 13.8 Å². The van der Waals surface area contributed by atoms with Crippen LogP contribution in [0, 0.1) is 11.3 Å². The molecule has 3 heteroatoms. The molecule has 82 valence electrons. The second-order valence-corrected chi connectivity index (χ2v) is 4.63. The Hall–Kier alpha value is -0.240. The molecular formula is C11H20ClNO. The zero-order chi connectivity index (χ0) is 10.6. The summed E-state index contributed by atoms with van der Waals surface area (Å²) in [4.78, 5) is 11.6. The van der Waals surface area contributed by atoms with Crippen molar-refractivity contribution >= 4 is 17.5 Å². The molecule has 1 aliphatic rings. The lowest BCUT2D eigenvalue weighted by molar-refractivity contribution is -0.125. The van der Waals surface area contributed by atoms with Crippen molar-refractivity contribution in [2.45, 2.75) is 39.5 Å². The summed E-state index contributed by atoms with van der Waals surface area (Å²) in [5.74, 6) is 1.06. The van der Waals surface area contributed by atoms with Crippen molar-refractivity contribution in [3.05, 3.63) is 0 Å². The Morgan fingerprint density at radius 3 is 2.36 bits per heavy atom. The molecule has 14 heavy (non-hydrogen) atoms. The minimum absolute atomic E-state index is 0.182. The summed E-state index contributed by atoms with van der Waals surface area (Å²) < 4.78 is 0. The standard InChI is InChI=1S/C11H20ClNO/c1-3-9(4-2)10(14)13-8-11(7-12)5-6-11/h9H,3-8H2,1-2H3,(H,13,14). The Balaban J connectivity index is 2.27. The van der Waals surface area contributed by atoms with E-state index in [2.05, 4.69) is 19.2 Å². The first-order valence-corrected chi connectivity index (χ1v) is 6.04. The van der Waals surface area contributed by atoms with Crippen LogP contribution in [-0.4, -0.2) is 18.3 Å². The van der Waals surface area contributed by atoms with Crippen LogP contribution in [0.25, 0.3) is 0 Å². The average molecular weight is 218 g/mol. The molecule has 0 heterocycles. The summed E-state index contributed by atoms with van der Waals surface area (Å²) in [6.07, 6.45) is 4.19. The first-order valence-electron chi connectivity index (χ1n) is 5.51. The van der Waals surface area contributed by atoms with E-state index in [9.17, 15) is 4.79 Å². The fourth-order valence-corrected chi connectivity index (χ4v) is 1.97. The monoisotopic (exact) mass is 217 g/mol. The maximum absolute atomic E-state index is 11.6. The Bertz CT molecular complexity index is 197. The van der Waals surface area contributed by atoms with Crippen LogP contribution in [0.1, 0.15) is 39.5 Å². The quantitative estimate of drug-likeness (QED) is 0.681. The molecule has 1 fully saturated rings. The zero-order valence-electron chi connectivity index (χ0n) is 9.11. The van der Waals surface area contributed by atoms with Crippen LogP contribution in [-0.2, 0) is 4.79 Å². The number of alkyl halides is 1. The van der Waals surface area contributed by atoms with Crippen molar-refractivity contribution in [2.24, 2.45) is 11.3 Å². The molecular weight excluding hydrogens is 198 g/mol. The largest absolute Gasteiger partial charge is 0.355 e. The molecule has 0 spiro atoms. The predicted octanol–water partition coefficient (Wildman–Crippen LogP) is 2.56. The molecule has 0 bridgehead atoms. The maximum atomic E-state index is 11.6. The predicted molar refractivity (Wildman–Crippen MR) is 59.5 cm³/mol. The highest BCUT2D eigenvalue weighted by Crippen LogP contribution is 2.45. The molecule has 0 unspecified atom stereocenters. The molecule has 1 N–H and O–H groups in total. The molecule has 1 amide bonds. The van der Waals surface area contributed by atoms with Crippen LogP contribution in [0.4, 0.5) is 0 Å². The van der Waals surface area contributed by atoms with E-state index in [1.54, 1.807) is 0 Å². The van der Waals surface area contributed by atoms with E-state index >= 15 is 0 Å². The van der Waals surface area contributed by atoms with E-state index < -0.39 is 0 Å². The Morgan fingerprint density at radius 1 is 1.43 bits per heavy atom. The van der Waals surface area contributed by atoms with E-state index in [1.165, 1.54) is 12.8 Å². The van der Waals surface area contributed by atoms with Gasteiger partial charge in [-0.2, -0.15) is 0 Å². The summed E-state index contributed by atoms with van der Waals surface area (Å²) in [6.45, 7) is 4.89. The van der Waals surface area contributed by atoms with E-state index in [0.717, 1.165) is 19.4 Å². The average Bonchev–Trinajstić information content (AvgIpc) is 2.97. The Morgan fingerprint density at radius 2 is 2.00 bits per heavy atom. The molecule has 0 atom stereocenters. The molecule has 1 aliphatic carbocycles. The summed E-state index contributed by atoms with van der Waals surface area (Å²) >= 11 is 5.84. The maximum Gasteiger partial charge on any atom is 0.223 e. The lowest BCUT2D eigenvalue weighted by Gasteiger charge is -2.16. The molecule has 1 saturated carbocycles. The van der Waals surface area contributed by atoms with Gasteiger partial charge >= 0.3 is 0 Å². The molecule has 2 nitrogen and oxygen atoms in total. The van der Waals surface area contributed by atoms with E-state index in [0.29, 0.717) is 5.88 Å². The van der Waals surface area contributed by atoms with Crippen LogP contribution < -0.4 is 5.32 Å². The number of amides is 1. The minimum atomic E-state index is 0.182. The topological polar surface area (TPSA) is 29.1 Å². The van der Waals surface area contributed by atoms with Crippen molar-refractivity contribution in [1.82, 2.24) is 5.32 Å². The number of hydrogen-bond donors (Lipinski definition) is 1. The summed E-state index contributed by atoms with van der Waals surface area (Å²) in [6, 6.07) is 0. The molecule has 0 radical (unpaired) electrons. The SMILES string of the molecule is CCC(CC)C(=O)NCC1(CCl)CC1. The summed E-state index contributed by atoms with van der Waals surface area (Å²) in [5.41, 5.74) is 0.239. The van der Waals surface area contributed by atoms with Crippen molar-refractivity contribution in [2.75, 3.05) is 12.4 Å². The van der Waals surface area contributed by atoms with Gasteiger partial charge in [-0.05, 0) is 25.7 Å². The fourth-order valence-electron chi connectivity index (χ4n) is 1.61. The van der Waals surface area contributed by atoms with E-state index in [1.807, 2.05) is 0 Å². The van der Waals surface area contributed by atoms with Gasteiger partial charge in [0.25, 0.3) is 0 Å². The second kappa shape index (κ2) is 5.01. The number of carbonyl (C=O) groups excluding carboxylic acids is 1. The third kappa shape index (κ3) is 2.88. The Labute approximate surface area is 91.4 Å². The number of carbonyl (C=O) groups is 1. The molecule has 0 saturated heterocycles.